The van der Waals surface area contributed by atoms with Gasteiger partial charge in [0.1, 0.15) is 11.3 Å². The Morgan fingerprint density at radius 1 is 1.10 bits per heavy atom. The molecule has 0 radical (unpaired) electrons. The van der Waals surface area contributed by atoms with E-state index < -0.39 is 15.1 Å². The summed E-state index contributed by atoms with van der Waals surface area (Å²) in [5, 5.41) is 0.289. The predicted molar refractivity (Wildman–Crippen MR) is 121 cm³/mol. The molecule has 6 nitrogen and oxygen atoms in total. The monoisotopic (exact) mass is 461 g/mol. The van der Waals surface area contributed by atoms with Crippen LogP contribution in [0.25, 0.3) is 10.2 Å². The number of para-hydroxylation sites is 1. The van der Waals surface area contributed by atoms with E-state index in [-0.39, 0.29) is 23.0 Å². The number of aromatic nitrogens is 1. The normalized spacial score (nSPS) is 15.1. The molecule has 0 bridgehead atoms. The number of hydrogen-bond acceptors (Lipinski definition) is 6. The van der Waals surface area contributed by atoms with Crippen LogP contribution in [-0.2, 0) is 21.1 Å². The molecule has 0 saturated carbocycles. The van der Waals surface area contributed by atoms with Crippen molar-refractivity contribution in [2.45, 2.75) is 30.4 Å². The SMILES string of the molecule is CC(C)S(=O)(=O)c1ccc(CC(=O)N2CCN(c3nc4c(F)cccc4s3)CC2)cc1. The molecule has 1 aliphatic rings. The van der Waals surface area contributed by atoms with Crippen LogP contribution in [0.3, 0.4) is 0 Å². The smallest absolute Gasteiger partial charge is 0.227 e. The summed E-state index contributed by atoms with van der Waals surface area (Å²) in [5.74, 6) is -0.310. The minimum atomic E-state index is -3.32. The van der Waals surface area contributed by atoms with Gasteiger partial charge in [0, 0.05) is 26.2 Å². The van der Waals surface area contributed by atoms with Crippen molar-refractivity contribution in [3.8, 4) is 0 Å². The van der Waals surface area contributed by atoms with Crippen LogP contribution in [0.15, 0.2) is 47.4 Å². The number of sulfone groups is 1. The number of carbonyl (C=O) groups is 1. The highest BCUT2D eigenvalue weighted by Crippen LogP contribution is 2.30. The summed E-state index contributed by atoms with van der Waals surface area (Å²) in [6.45, 7) is 5.71. The van der Waals surface area contributed by atoms with Crippen LogP contribution < -0.4 is 4.90 Å². The lowest BCUT2D eigenvalue weighted by atomic mass is 10.1. The van der Waals surface area contributed by atoms with Crippen molar-refractivity contribution in [2.75, 3.05) is 31.1 Å². The fourth-order valence-electron chi connectivity index (χ4n) is 3.54. The maximum Gasteiger partial charge on any atom is 0.227 e. The van der Waals surface area contributed by atoms with Gasteiger partial charge in [-0.3, -0.25) is 4.79 Å². The minimum absolute atomic E-state index is 0.00876. The van der Waals surface area contributed by atoms with Crippen LogP contribution in [-0.4, -0.2) is 55.6 Å². The molecule has 1 saturated heterocycles. The standard InChI is InChI=1S/C22H24FN3O3S2/c1-15(2)31(28,29)17-8-6-16(7-9-17)14-20(27)25-10-12-26(13-11-25)22-24-21-18(23)4-3-5-19(21)30-22/h3-9,15H,10-14H2,1-2H3. The van der Waals surface area contributed by atoms with Crippen LogP contribution in [0.5, 0.6) is 0 Å². The van der Waals surface area contributed by atoms with Crippen LogP contribution in [0, 0.1) is 5.82 Å². The van der Waals surface area contributed by atoms with Gasteiger partial charge in [0.2, 0.25) is 5.91 Å². The van der Waals surface area contributed by atoms with Gasteiger partial charge in [0.05, 0.1) is 21.3 Å². The maximum absolute atomic E-state index is 13.9. The first-order chi connectivity index (χ1) is 14.8. The number of piperazine rings is 1. The summed E-state index contributed by atoms with van der Waals surface area (Å²) in [6.07, 6.45) is 0.231. The quantitative estimate of drug-likeness (QED) is 0.582. The Kier molecular flexibility index (Phi) is 5.98. The van der Waals surface area contributed by atoms with Gasteiger partial charge >= 0.3 is 0 Å². The molecule has 164 valence electrons. The van der Waals surface area contributed by atoms with Crippen molar-refractivity contribution >= 4 is 42.4 Å². The van der Waals surface area contributed by atoms with E-state index in [2.05, 4.69) is 9.88 Å². The lowest BCUT2D eigenvalue weighted by molar-refractivity contribution is -0.130. The van der Waals surface area contributed by atoms with Crippen molar-refractivity contribution in [1.29, 1.82) is 0 Å². The second kappa shape index (κ2) is 8.55. The highest BCUT2D eigenvalue weighted by molar-refractivity contribution is 7.92. The first-order valence-corrected chi connectivity index (χ1v) is 12.5. The second-order valence-electron chi connectivity index (χ2n) is 7.87. The fraction of sp³-hybridized carbons (Fsp3) is 0.364. The van der Waals surface area contributed by atoms with Crippen molar-refractivity contribution in [1.82, 2.24) is 9.88 Å². The number of nitrogens with zero attached hydrogens (tertiary/aromatic N) is 3. The van der Waals surface area contributed by atoms with Gasteiger partial charge < -0.3 is 9.80 Å². The maximum atomic E-state index is 13.9. The van der Waals surface area contributed by atoms with Gasteiger partial charge in [-0.25, -0.2) is 17.8 Å². The van der Waals surface area contributed by atoms with E-state index in [1.54, 1.807) is 44.2 Å². The molecule has 0 unspecified atom stereocenters. The molecule has 2 heterocycles. The summed E-state index contributed by atoms with van der Waals surface area (Å²) in [5.41, 5.74) is 1.18. The number of amides is 1. The third kappa shape index (κ3) is 4.43. The second-order valence-corrected chi connectivity index (χ2v) is 11.4. The fourth-order valence-corrected chi connectivity index (χ4v) is 5.63. The summed E-state index contributed by atoms with van der Waals surface area (Å²) in [6, 6.07) is 11.5. The van der Waals surface area contributed by atoms with Gasteiger partial charge in [0.15, 0.2) is 15.0 Å². The number of benzene rings is 2. The first kappa shape index (κ1) is 21.7. The molecule has 0 spiro atoms. The van der Waals surface area contributed by atoms with E-state index in [0.29, 0.717) is 31.7 Å². The molecule has 2 aromatic carbocycles. The average Bonchev–Trinajstić information content (AvgIpc) is 3.20. The van der Waals surface area contributed by atoms with Crippen molar-refractivity contribution in [3.05, 3.63) is 53.8 Å². The van der Waals surface area contributed by atoms with Crippen LogP contribution in [0.2, 0.25) is 0 Å². The number of carbonyl (C=O) groups excluding carboxylic acids is 1. The molecule has 31 heavy (non-hydrogen) atoms. The zero-order valence-electron chi connectivity index (χ0n) is 17.4. The number of hydrogen-bond donors (Lipinski definition) is 0. The zero-order chi connectivity index (χ0) is 22.2. The molecule has 4 rings (SSSR count). The highest BCUT2D eigenvalue weighted by atomic mass is 32.2. The zero-order valence-corrected chi connectivity index (χ0v) is 19.0. The van der Waals surface area contributed by atoms with E-state index in [1.807, 2.05) is 11.0 Å². The molecule has 3 aromatic rings. The molecule has 0 atom stereocenters. The van der Waals surface area contributed by atoms with Gasteiger partial charge in [-0.15, -0.1) is 0 Å². The molecule has 0 aliphatic carbocycles. The lowest BCUT2D eigenvalue weighted by Crippen LogP contribution is -2.49. The summed E-state index contributed by atoms with van der Waals surface area (Å²) >= 11 is 1.46. The minimum Gasteiger partial charge on any atom is -0.345 e. The Labute approximate surface area is 185 Å². The Bertz CT molecular complexity index is 1200. The Morgan fingerprint density at radius 2 is 1.77 bits per heavy atom. The number of rotatable bonds is 5. The summed E-state index contributed by atoms with van der Waals surface area (Å²) < 4.78 is 39.2. The van der Waals surface area contributed by atoms with E-state index in [1.165, 1.54) is 17.4 Å². The number of fused-ring (bicyclic) bond motifs is 1. The molecule has 9 heteroatoms. The topological polar surface area (TPSA) is 70.6 Å². The number of halogens is 1. The van der Waals surface area contributed by atoms with Crippen LogP contribution in [0.1, 0.15) is 19.4 Å². The first-order valence-electron chi connectivity index (χ1n) is 10.2. The van der Waals surface area contributed by atoms with Gasteiger partial charge in [-0.2, -0.15) is 0 Å². The van der Waals surface area contributed by atoms with E-state index in [0.717, 1.165) is 15.4 Å². The summed E-state index contributed by atoms with van der Waals surface area (Å²) in [7, 11) is -3.32. The molecule has 1 amide bonds. The van der Waals surface area contributed by atoms with Gasteiger partial charge in [-0.1, -0.05) is 29.5 Å². The van der Waals surface area contributed by atoms with Gasteiger partial charge in [-0.05, 0) is 43.7 Å². The molecular weight excluding hydrogens is 437 g/mol. The third-order valence-electron chi connectivity index (χ3n) is 5.49. The third-order valence-corrected chi connectivity index (χ3v) is 8.74. The Balaban J connectivity index is 1.36. The Morgan fingerprint density at radius 3 is 2.39 bits per heavy atom. The van der Waals surface area contributed by atoms with Gasteiger partial charge in [0.25, 0.3) is 0 Å². The van der Waals surface area contributed by atoms with Crippen molar-refractivity contribution < 1.29 is 17.6 Å². The predicted octanol–water partition coefficient (Wildman–Crippen LogP) is 3.51. The Hall–Kier alpha value is -2.52. The molecule has 1 aromatic heterocycles. The number of anilines is 1. The molecule has 0 N–H and O–H groups in total. The van der Waals surface area contributed by atoms with Crippen LogP contribution in [0.4, 0.5) is 9.52 Å². The van der Waals surface area contributed by atoms with E-state index in [9.17, 15) is 17.6 Å². The van der Waals surface area contributed by atoms with Crippen molar-refractivity contribution in [2.24, 2.45) is 0 Å². The average molecular weight is 462 g/mol. The molecule has 1 fully saturated rings. The highest BCUT2D eigenvalue weighted by Gasteiger charge is 2.24. The molecule has 1 aliphatic heterocycles. The van der Waals surface area contributed by atoms with E-state index in [4.69, 9.17) is 0 Å². The number of thiazole rings is 1. The lowest BCUT2D eigenvalue weighted by Gasteiger charge is -2.34. The molecular formula is C22H24FN3O3S2. The van der Waals surface area contributed by atoms with Crippen molar-refractivity contribution in [3.63, 3.8) is 0 Å². The summed E-state index contributed by atoms with van der Waals surface area (Å²) in [4.78, 5) is 21.3. The van der Waals surface area contributed by atoms with E-state index >= 15 is 0 Å². The largest absolute Gasteiger partial charge is 0.345 e. The van der Waals surface area contributed by atoms with Crippen LogP contribution >= 0.6 is 11.3 Å².